The maximum absolute atomic E-state index is 12.9. The van der Waals surface area contributed by atoms with Gasteiger partial charge in [-0.3, -0.25) is 4.79 Å². The third-order valence-electron chi connectivity index (χ3n) is 3.95. The number of hydrogen-bond acceptors (Lipinski definition) is 3. The fourth-order valence-electron chi connectivity index (χ4n) is 2.79. The summed E-state index contributed by atoms with van der Waals surface area (Å²) in [7, 11) is 0. The molecular formula is C18H22BrF3N2O3. The van der Waals surface area contributed by atoms with Crippen molar-refractivity contribution in [2.24, 2.45) is 0 Å². The lowest BCUT2D eigenvalue weighted by molar-refractivity contribution is -0.137. The maximum Gasteiger partial charge on any atom is 0.416 e. The number of alkyl carbamates (subject to hydrolysis) is 1. The first-order valence-corrected chi connectivity index (χ1v) is 9.31. The van der Waals surface area contributed by atoms with Gasteiger partial charge in [-0.25, -0.2) is 4.79 Å². The van der Waals surface area contributed by atoms with E-state index in [1.807, 2.05) is 0 Å². The zero-order valence-electron chi connectivity index (χ0n) is 15.3. The van der Waals surface area contributed by atoms with Gasteiger partial charge in [0.2, 0.25) is 0 Å². The SMILES string of the molecule is CC(C)(C)OC(=O)N[C@@H]1CCCN(C(=O)c2cc(C(F)(F)F)ccc2Br)C1. The van der Waals surface area contributed by atoms with Crippen LogP contribution in [0.4, 0.5) is 18.0 Å². The molecule has 0 unspecified atom stereocenters. The highest BCUT2D eigenvalue weighted by Gasteiger charge is 2.33. The molecule has 1 N–H and O–H groups in total. The number of halogens is 4. The predicted octanol–water partition coefficient (Wildman–Crippen LogP) is 4.60. The Balaban J connectivity index is 2.10. The molecule has 27 heavy (non-hydrogen) atoms. The minimum absolute atomic E-state index is 0.0530. The summed E-state index contributed by atoms with van der Waals surface area (Å²) in [4.78, 5) is 26.1. The third-order valence-corrected chi connectivity index (χ3v) is 4.65. The number of ether oxygens (including phenoxy) is 1. The number of hydrogen-bond donors (Lipinski definition) is 1. The number of nitrogens with zero attached hydrogens (tertiary/aromatic N) is 1. The number of amides is 2. The number of carbonyl (C=O) groups excluding carboxylic acids is 2. The molecule has 0 aliphatic carbocycles. The lowest BCUT2D eigenvalue weighted by atomic mass is 10.0. The van der Waals surface area contributed by atoms with Crippen molar-refractivity contribution < 1.29 is 27.5 Å². The smallest absolute Gasteiger partial charge is 0.416 e. The molecule has 0 bridgehead atoms. The van der Waals surface area contributed by atoms with E-state index in [0.717, 1.165) is 12.1 Å². The number of carbonyl (C=O) groups is 2. The van der Waals surface area contributed by atoms with E-state index >= 15 is 0 Å². The van der Waals surface area contributed by atoms with E-state index in [-0.39, 0.29) is 18.2 Å². The summed E-state index contributed by atoms with van der Waals surface area (Å²) in [5.41, 5.74) is -1.57. The molecule has 1 atom stereocenters. The van der Waals surface area contributed by atoms with E-state index in [0.29, 0.717) is 23.9 Å². The van der Waals surface area contributed by atoms with Crippen molar-refractivity contribution in [2.75, 3.05) is 13.1 Å². The van der Waals surface area contributed by atoms with E-state index in [9.17, 15) is 22.8 Å². The van der Waals surface area contributed by atoms with Crippen LogP contribution in [0.1, 0.15) is 49.5 Å². The molecule has 1 heterocycles. The Kier molecular flexibility index (Phi) is 6.44. The third kappa shape index (κ3) is 6.12. The van der Waals surface area contributed by atoms with Crippen molar-refractivity contribution in [3.05, 3.63) is 33.8 Å². The molecule has 2 rings (SSSR count). The van der Waals surface area contributed by atoms with E-state index in [4.69, 9.17) is 4.74 Å². The first-order valence-electron chi connectivity index (χ1n) is 8.52. The standard InChI is InChI=1S/C18H22BrF3N2O3/c1-17(2,3)27-16(26)23-12-5-4-8-24(10-12)15(25)13-9-11(18(20,21)22)6-7-14(13)19/h6-7,9,12H,4-5,8,10H2,1-3H3,(H,23,26)/t12-/m1/s1. The average Bonchev–Trinajstić information content (AvgIpc) is 2.52. The molecule has 5 nitrogen and oxygen atoms in total. The lowest BCUT2D eigenvalue weighted by Gasteiger charge is -2.34. The van der Waals surface area contributed by atoms with Crippen molar-refractivity contribution in [3.63, 3.8) is 0 Å². The molecule has 1 aliphatic heterocycles. The number of likely N-dealkylation sites (tertiary alicyclic amines) is 1. The van der Waals surface area contributed by atoms with Crippen molar-refractivity contribution in [3.8, 4) is 0 Å². The second kappa shape index (κ2) is 8.08. The van der Waals surface area contributed by atoms with Crippen LogP contribution in [0.5, 0.6) is 0 Å². The van der Waals surface area contributed by atoms with Gasteiger partial charge in [-0.15, -0.1) is 0 Å². The molecular weight excluding hydrogens is 429 g/mol. The first kappa shape index (κ1) is 21.5. The van der Waals surface area contributed by atoms with Crippen molar-refractivity contribution in [2.45, 2.75) is 51.4 Å². The minimum atomic E-state index is -4.53. The molecule has 0 saturated carbocycles. The van der Waals surface area contributed by atoms with Crippen LogP contribution in [0, 0.1) is 0 Å². The summed E-state index contributed by atoms with van der Waals surface area (Å²) in [6.07, 6.45) is -3.82. The molecule has 1 saturated heterocycles. The molecule has 0 radical (unpaired) electrons. The summed E-state index contributed by atoms with van der Waals surface area (Å²) >= 11 is 3.15. The average molecular weight is 451 g/mol. The highest BCUT2D eigenvalue weighted by Crippen LogP contribution is 2.32. The fraction of sp³-hybridized carbons (Fsp3) is 0.556. The molecule has 1 aromatic rings. The number of piperidine rings is 1. The van der Waals surface area contributed by atoms with E-state index < -0.39 is 29.3 Å². The Bertz CT molecular complexity index is 717. The second-order valence-corrected chi connectivity index (χ2v) is 8.28. The quantitative estimate of drug-likeness (QED) is 0.716. The second-order valence-electron chi connectivity index (χ2n) is 7.43. The number of nitrogens with one attached hydrogen (secondary N) is 1. The molecule has 0 spiro atoms. The Hall–Kier alpha value is -1.77. The summed E-state index contributed by atoms with van der Waals surface area (Å²) in [5.74, 6) is -0.510. The lowest BCUT2D eigenvalue weighted by Crippen LogP contribution is -2.50. The van der Waals surface area contributed by atoms with Crippen LogP contribution in [0.15, 0.2) is 22.7 Å². The summed E-state index contributed by atoms with van der Waals surface area (Å²) in [5, 5.41) is 2.72. The highest BCUT2D eigenvalue weighted by molar-refractivity contribution is 9.10. The van der Waals surface area contributed by atoms with Gasteiger partial charge in [-0.1, -0.05) is 0 Å². The topological polar surface area (TPSA) is 58.6 Å². The molecule has 1 aromatic carbocycles. The molecule has 1 fully saturated rings. The van der Waals surface area contributed by atoms with Gasteiger partial charge >= 0.3 is 12.3 Å². The highest BCUT2D eigenvalue weighted by atomic mass is 79.9. The van der Waals surface area contributed by atoms with Crippen LogP contribution < -0.4 is 5.32 Å². The van der Waals surface area contributed by atoms with Crippen LogP contribution in [-0.4, -0.2) is 41.6 Å². The summed E-state index contributed by atoms with van der Waals surface area (Å²) < 4.78 is 44.3. The minimum Gasteiger partial charge on any atom is -0.444 e. The van der Waals surface area contributed by atoms with E-state index in [1.165, 1.54) is 11.0 Å². The summed E-state index contributed by atoms with van der Waals surface area (Å²) in [6, 6.07) is 2.67. The molecule has 9 heteroatoms. The molecule has 1 aliphatic rings. The zero-order chi connectivity index (χ0) is 20.4. The van der Waals surface area contributed by atoms with Gasteiger partial charge in [0.15, 0.2) is 0 Å². The van der Waals surface area contributed by atoms with E-state index in [1.54, 1.807) is 20.8 Å². The maximum atomic E-state index is 12.9. The normalized spacial score (nSPS) is 18.2. The predicted molar refractivity (Wildman–Crippen MR) is 97.4 cm³/mol. The number of alkyl halides is 3. The monoisotopic (exact) mass is 450 g/mol. The first-order chi connectivity index (χ1) is 12.4. The van der Waals surface area contributed by atoms with Gasteiger partial charge in [0.1, 0.15) is 5.60 Å². The summed E-state index contributed by atoms with van der Waals surface area (Å²) in [6.45, 7) is 5.85. The van der Waals surface area contributed by atoms with Gasteiger partial charge in [-0.2, -0.15) is 13.2 Å². The van der Waals surface area contributed by atoms with Gasteiger partial charge < -0.3 is 15.0 Å². The Labute approximate surface area is 164 Å². The largest absolute Gasteiger partial charge is 0.444 e. The van der Waals surface area contributed by atoms with Gasteiger partial charge in [-0.05, 0) is 67.7 Å². The fourth-order valence-corrected chi connectivity index (χ4v) is 3.21. The number of rotatable bonds is 2. The Morgan fingerprint density at radius 1 is 1.26 bits per heavy atom. The number of benzene rings is 1. The van der Waals surface area contributed by atoms with Crippen LogP contribution in [0.25, 0.3) is 0 Å². The van der Waals surface area contributed by atoms with Crippen molar-refractivity contribution in [1.29, 1.82) is 0 Å². The van der Waals surface area contributed by atoms with Gasteiger partial charge in [0.05, 0.1) is 11.1 Å². The van der Waals surface area contributed by atoms with Gasteiger partial charge in [0.25, 0.3) is 5.91 Å². The van der Waals surface area contributed by atoms with E-state index in [2.05, 4.69) is 21.2 Å². The van der Waals surface area contributed by atoms with Gasteiger partial charge in [0, 0.05) is 23.6 Å². The Morgan fingerprint density at radius 3 is 2.52 bits per heavy atom. The van der Waals surface area contributed by atoms with Crippen LogP contribution in [0.3, 0.4) is 0 Å². The van der Waals surface area contributed by atoms with Crippen LogP contribution in [0.2, 0.25) is 0 Å². The molecule has 0 aromatic heterocycles. The van der Waals surface area contributed by atoms with Crippen molar-refractivity contribution >= 4 is 27.9 Å². The van der Waals surface area contributed by atoms with Crippen molar-refractivity contribution in [1.82, 2.24) is 10.2 Å². The van der Waals surface area contributed by atoms with Crippen LogP contribution >= 0.6 is 15.9 Å². The zero-order valence-corrected chi connectivity index (χ0v) is 16.9. The molecule has 2 amide bonds. The van der Waals surface area contributed by atoms with Crippen LogP contribution in [-0.2, 0) is 10.9 Å². The molecule has 150 valence electrons. The Morgan fingerprint density at radius 2 is 1.93 bits per heavy atom.